The molecule has 0 bridgehead atoms. The summed E-state index contributed by atoms with van der Waals surface area (Å²) in [6.07, 6.45) is 0.930. The fourth-order valence-electron chi connectivity index (χ4n) is 2.84. The van der Waals surface area contributed by atoms with Crippen LogP contribution in [0.15, 0.2) is 4.79 Å². The first-order chi connectivity index (χ1) is 11.4. The van der Waals surface area contributed by atoms with E-state index in [1.807, 2.05) is 13.8 Å². The molecule has 24 heavy (non-hydrogen) atoms. The number of hydrogen-bond acceptors (Lipinski definition) is 6. The molecule has 7 nitrogen and oxygen atoms in total. The average Bonchev–Trinajstić information content (AvgIpc) is 3.15. The van der Waals surface area contributed by atoms with E-state index in [-0.39, 0.29) is 17.5 Å². The Kier molecular flexibility index (Phi) is 4.51. The lowest BCUT2D eigenvalue weighted by Crippen LogP contribution is -2.36. The number of aromatic nitrogens is 3. The van der Waals surface area contributed by atoms with E-state index in [2.05, 4.69) is 20.7 Å². The maximum absolute atomic E-state index is 12.5. The van der Waals surface area contributed by atoms with Gasteiger partial charge in [-0.3, -0.25) is 9.59 Å². The van der Waals surface area contributed by atoms with Crippen molar-refractivity contribution in [2.24, 2.45) is 7.05 Å². The maximum Gasteiger partial charge on any atom is 0.277 e. The Bertz CT molecular complexity index is 849. The lowest BCUT2D eigenvalue weighted by Gasteiger charge is -2.10. The van der Waals surface area contributed by atoms with E-state index >= 15 is 0 Å². The third-order valence-corrected chi connectivity index (χ3v) is 5.51. The van der Waals surface area contributed by atoms with Gasteiger partial charge in [0.2, 0.25) is 0 Å². The zero-order valence-corrected chi connectivity index (χ0v) is 15.1. The molecule has 2 aromatic rings. The monoisotopic (exact) mass is 347 g/mol. The van der Waals surface area contributed by atoms with Crippen molar-refractivity contribution in [1.82, 2.24) is 25.4 Å². The number of carbonyl (C=O) groups is 1. The molecule has 0 spiro atoms. The number of carbonyl (C=O) groups excluding carboxylic acids is 1. The van der Waals surface area contributed by atoms with Gasteiger partial charge in [-0.05, 0) is 39.3 Å². The number of rotatable bonds is 3. The summed E-state index contributed by atoms with van der Waals surface area (Å²) >= 11 is 1.27. The molecule has 1 aliphatic heterocycles. The summed E-state index contributed by atoms with van der Waals surface area (Å²) in [4.78, 5) is 30.0. The molecule has 1 fully saturated rings. The molecule has 3 heterocycles. The Morgan fingerprint density at radius 2 is 2.08 bits per heavy atom. The Balaban J connectivity index is 1.98. The van der Waals surface area contributed by atoms with Gasteiger partial charge in [0.25, 0.3) is 11.5 Å². The first kappa shape index (κ1) is 16.8. The Morgan fingerprint density at radius 3 is 2.75 bits per heavy atom. The first-order valence-electron chi connectivity index (χ1n) is 7.92. The Labute approximate surface area is 144 Å². The second-order valence-electron chi connectivity index (χ2n) is 6.11. The quantitative estimate of drug-likeness (QED) is 0.862. The lowest BCUT2D eigenvalue weighted by atomic mass is 10.1. The van der Waals surface area contributed by atoms with E-state index in [1.54, 1.807) is 14.0 Å². The van der Waals surface area contributed by atoms with Gasteiger partial charge in [-0.25, -0.2) is 9.67 Å². The molecule has 1 unspecified atom stereocenters. The number of hydrogen-bond donors (Lipinski definition) is 2. The molecule has 8 heteroatoms. The molecule has 0 radical (unpaired) electrons. The minimum atomic E-state index is -0.196. The zero-order chi connectivity index (χ0) is 17.4. The molecule has 128 valence electrons. The molecule has 3 rings (SSSR count). The second kappa shape index (κ2) is 6.45. The van der Waals surface area contributed by atoms with Crippen molar-refractivity contribution in [3.8, 4) is 10.6 Å². The van der Waals surface area contributed by atoms with Gasteiger partial charge in [0, 0.05) is 19.6 Å². The first-order valence-corrected chi connectivity index (χ1v) is 8.74. The molecule has 2 aromatic heterocycles. The van der Waals surface area contributed by atoms with Crippen LogP contribution in [0, 0.1) is 20.8 Å². The third kappa shape index (κ3) is 2.99. The highest BCUT2D eigenvalue weighted by Crippen LogP contribution is 2.28. The van der Waals surface area contributed by atoms with E-state index < -0.39 is 0 Å². The normalized spacial score (nSPS) is 17.2. The van der Waals surface area contributed by atoms with E-state index in [1.165, 1.54) is 16.0 Å². The smallest absolute Gasteiger partial charge is 0.277 e. The van der Waals surface area contributed by atoms with Crippen molar-refractivity contribution in [1.29, 1.82) is 0 Å². The molecule has 0 aromatic carbocycles. The third-order valence-electron chi connectivity index (χ3n) is 4.34. The standard InChI is InChI=1S/C16H21N5O2S/c1-8-9(2)20-21(4)16(23)12(8)15-18-10(3)13(24-15)14(22)19-11-5-6-17-7-11/h11,17H,5-7H2,1-4H3,(H,19,22). The van der Waals surface area contributed by atoms with Crippen LogP contribution in [0.2, 0.25) is 0 Å². The van der Waals surface area contributed by atoms with Crippen LogP contribution in [0.25, 0.3) is 10.6 Å². The van der Waals surface area contributed by atoms with Gasteiger partial charge in [-0.15, -0.1) is 11.3 Å². The molecular formula is C16H21N5O2S. The lowest BCUT2D eigenvalue weighted by molar-refractivity contribution is 0.0943. The Morgan fingerprint density at radius 1 is 1.33 bits per heavy atom. The van der Waals surface area contributed by atoms with E-state index in [9.17, 15) is 9.59 Å². The maximum atomic E-state index is 12.5. The molecule has 0 saturated carbocycles. The second-order valence-corrected chi connectivity index (χ2v) is 7.11. The van der Waals surface area contributed by atoms with Gasteiger partial charge in [0.05, 0.1) is 17.0 Å². The fourth-order valence-corrected chi connectivity index (χ4v) is 3.91. The van der Waals surface area contributed by atoms with Crippen molar-refractivity contribution in [3.05, 3.63) is 32.2 Å². The van der Waals surface area contributed by atoms with Gasteiger partial charge in [0.1, 0.15) is 9.88 Å². The molecule has 1 aliphatic rings. The van der Waals surface area contributed by atoms with Gasteiger partial charge < -0.3 is 10.6 Å². The SMILES string of the molecule is Cc1nc(-c2c(C)c(C)nn(C)c2=O)sc1C(=O)NC1CCNC1. The van der Waals surface area contributed by atoms with Crippen LogP contribution in [0.3, 0.4) is 0 Å². The summed E-state index contributed by atoms with van der Waals surface area (Å²) in [5.74, 6) is -0.120. The summed E-state index contributed by atoms with van der Waals surface area (Å²) in [7, 11) is 1.62. The predicted molar refractivity (Wildman–Crippen MR) is 93.5 cm³/mol. The highest BCUT2D eigenvalue weighted by atomic mass is 32.1. The molecule has 1 amide bonds. The number of nitrogens with one attached hydrogen (secondary N) is 2. The molecule has 2 N–H and O–H groups in total. The molecule has 1 saturated heterocycles. The molecule has 1 atom stereocenters. The summed E-state index contributed by atoms with van der Waals surface area (Å²) in [6, 6.07) is 0.153. The van der Waals surface area contributed by atoms with Crippen molar-refractivity contribution >= 4 is 17.2 Å². The van der Waals surface area contributed by atoms with E-state index in [0.29, 0.717) is 21.1 Å². The van der Waals surface area contributed by atoms with Crippen LogP contribution in [0.1, 0.15) is 33.0 Å². The number of aryl methyl sites for hydroxylation is 3. The van der Waals surface area contributed by atoms with Crippen LogP contribution in [0.4, 0.5) is 0 Å². The summed E-state index contributed by atoms with van der Waals surface area (Å²) in [5, 5.41) is 11.0. The average molecular weight is 347 g/mol. The fraction of sp³-hybridized carbons (Fsp3) is 0.500. The van der Waals surface area contributed by atoms with Crippen molar-refractivity contribution in [3.63, 3.8) is 0 Å². The highest BCUT2D eigenvalue weighted by Gasteiger charge is 2.23. The number of nitrogens with zero attached hydrogens (tertiary/aromatic N) is 3. The summed E-state index contributed by atoms with van der Waals surface area (Å²) < 4.78 is 1.32. The van der Waals surface area contributed by atoms with Gasteiger partial charge in [0.15, 0.2) is 0 Å². The highest BCUT2D eigenvalue weighted by molar-refractivity contribution is 7.17. The van der Waals surface area contributed by atoms with Crippen LogP contribution < -0.4 is 16.2 Å². The summed E-state index contributed by atoms with van der Waals surface area (Å²) in [5.41, 5.74) is 2.56. The van der Waals surface area contributed by atoms with Crippen LogP contribution in [-0.4, -0.2) is 39.8 Å². The largest absolute Gasteiger partial charge is 0.347 e. The van der Waals surface area contributed by atoms with Gasteiger partial charge in [-0.1, -0.05) is 0 Å². The van der Waals surface area contributed by atoms with Crippen LogP contribution in [-0.2, 0) is 7.05 Å². The number of amides is 1. The zero-order valence-electron chi connectivity index (χ0n) is 14.3. The minimum Gasteiger partial charge on any atom is -0.347 e. The molecule has 0 aliphatic carbocycles. The molecular weight excluding hydrogens is 326 g/mol. The Hall–Kier alpha value is -2.06. The van der Waals surface area contributed by atoms with Crippen molar-refractivity contribution in [2.45, 2.75) is 33.2 Å². The minimum absolute atomic E-state index is 0.120. The van der Waals surface area contributed by atoms with E-state index in [4.69, 9.17) is 0 Å². The van der Waals surface area contributed by atoms with Crippen molar-refractivity contribution in [2.75, 3.05) is 13.1 Å². The number of thiazole rings is 1. The van der Waals surface area contributed by atoms with E-state index in [0.717, 1.165) is 30.8 Å². The van der Waals surface area contributed by atoms with Gasteiger partial charge in [-0.2, -0.15) is 5.10 Å². The topological polar surface area (TPSA) is 88.9 Å². The van der Waals surface area contributed by atoms with Crippen LogP contribution >= 0.6 is 11.3 Å². The summed E-state index contributed by atoms with van der Waals surface area (Å²) in [6.45, 7) is 7.23. The van der Waals surface area contributed by atoms with Crippen molar-refractivity contribution < 1.29 is 4.79 Å². The van der Waals surface area contributed by atoms with Gasteiger partial charge >= 0.3 is 0 Å². The predicted octanol–water partition coefficient (Wildman–Crippen LogP) is 0.921. The van der Waals surface area contributed by atoms with Crippen LogP contribution in [0.5, 0.6) is 0 Å².